The van der Waals surface area contributed by atoms with Gasteiger partial charge in [0.1, 0.15) is 9.23 Å². The van der Waals surface area contributed by atoms with Gasteiger partial charge in [0.15, 0.2) is 0 Å². The van der Waals surface area contributed by atoms with E-state index in [4.69, 9.17) is 28.9 Å². The summed E-state index contributed by atoms with van der Waals surface area (Å²) < 4.78 is 27.5. The molecule has 0 aromatic carbocycles. The van der Waals surface area contributed by atoms with Crippen molar-refractivity contribution in [3.05, 3.63) is 14.7 Å². The molecule has 0 bridgehead atoms. The fourth-order valence-corrected chi connectivity index (χ4v) is 5.55. The summed E-state index contributed by atoms with van der Waals surface area (Å²) in [4.78, 5) is 0.0388. The number of rotatable bonds is 3. The smallest absolute Gasteiger partial charge is 0.243 e. The van der Waals surface area contributed by atoms with Gasteiger partial charge >= 0.3 is 0 Å². The van der Waals surface area contributed by atoms with E-state index in [1.54, 1.807) is 0 Å². The molecule has 1 fully saturated rings. The highest BCUT2D eigenvalue weighted by Gasteiger charge is 2.29. The van der Waals surface area contributed by atoms with Crippen molar-refractivity contribution in [3.63, 3.8) is 0 Å². The van der Waals surface area contributed by atoms with Crippen LogP contribution in [0.5, 0.6) is 0 Å². The summed E-state index contributed by atoms with van der Waals surface area (Å²) in [5.41, 5.74) is 5.92. The minimum Gasteiger partial charge on any atom is -0.326 e. The van der Waals surface area contributed by atoms with Gasteiger partial charge in [0.2, 0.25) is 10.0 Å². The zero-order valence-electron chi connectivity index (χ0n) is 9.53. The minimum absolute atomic E-state index is 0.0388. The Bertz CT molecular complexity index is 530. The molecule has 0 amide bonds. The molecule has 0 saturated heterocycles. The van der Waals surface area contributed by atoms with Crippen LogP contribution in [0, 0.1) is 0 Å². The number of hydrogen-bond acceptors (Lipinski definition) is 4. The van der Waals surface area contributed by atoms with Crippen LogP contribution < -0.4 is 10.5 Å². The number of hydrogen-bond donors (Lipinski definition) is 2. The summed E-state index contributed by atoms with van der Waals surface area (Å²) in [5, 5.41) is 0. The number of thiophene rings is 1. The topological polar surface area (TPSA) is 72.2 Å². The van der Waals surface area contributed by atoms with Gasteiger partial charge in [-0.15, -0.1) is 11.3 Å². The van der Waals surface area contributed by atoms with Gasteiger partial charge in [-0.3, -0.25) is 0 Å². The van der Waals surface area contributed by atoms with Crippen LogP contribution in [0.3, 0.4) is 0 Å². The molecule has 0 radical (unpaired) electrons. The van der Waals surface area contributed by atoms with Gasteiger partial charge in [-0.05, 0) is 18.9 Å². The van der Waals surface area contributed by atoms with Gasteiger partial charge in [0.25, 0.3) is 0 Å². The maximum Gasteiger partial charge on any atom is 0.243 e. The summed E-state index contributed by atoms with van der Waals surface area (Å²) in [6.45, 7) is 0. The Hall–Kier alpha value is 0.150. The van der Waals surface area contributed by atoms with E-state index in [0.29, 0.717) is 4.34 Å². The fraction of sp³-hybridized carbons (Fsp3) is 0.600. The first kappa shape index (κ1) is 14.6. The average molecular weight is 329 g/mol. The summed E-state index contributed by atoms with van der Waals surface area (Å²) >= 11 is 12.7. The normalized spacial score (nSPS) is 25.3. The van der Waals surface area contributed by atoms with E-state index in [1.165, 1.54) is 6.07 Å². The van der Waals surface area contributed by atoms with Crippen LogP contribution in [-0.2, 0) is 10.0 Å². The third-order valence-corrected chi connectivity index (χ3v) is 6.28. The van der Waals surface area contributed by atoms with Gasteiger partial charge in [0.05, 0.1) is 4.34 Å². The first-order valence-corrected chi connectivity index (χ1v) is 8.68. The first-order chi connectivity index (χ1) is 8.40. The second-order valence-electron chi connectivity index (χ2n) is 4.36. The van der Waals surface area contributed by atoms with Crippen molar-refractivity contribution in [3.8, 4) is 0 Å². The molecule has 4 nitrogen and oxygen atoms in total. The van der Waals surface area contributed by atoms with Crippen LogP contribution in [-0.4, -0.2) is 20.5 Å². The van der Waals surface area contributed by atoms with E-state index in [-0.39, 0.29) is 21.3 Å². The molecule has 1 saturated carbocycles. The summed E-state index contributed by atoms with van der Waals surface area (Å²) in [7, 11) is -3.64. The van der Waals surface area contributed by atoms with Crippen molar-refractivity contribution in [2.24, 2.45) is 5.73 Å². The monoisotopic (exact) mass is 328 g/mol. The van der Waals surface area contributed by atoms with E-state index in [9.17, 15) is 8.42 Å². The SMILES string of the molecule is N[C@@H]1CCCC[C@H]1NS(=O)(=O)c1cc(Cl)sc1Cl. The number of nitrogens with one attached hydrogen (secondary N) is 1. The largest absolute Gasteiger partial charge is 0.326 e. The highest BCUT2D eigenvalue weighted by atomic mass is 35.5. The van der Waals surface area contributed by atoms with Gasteiger partial charge in [-0.1, -0.05) is 36.0 Å². The molecular formula is C10H14Cl2N2O2S2. The zero-order valence-corrected chi connectivity index (χ0v) is 12.7. The second-order valence-corrected chi connectivity index (χ2v) is 8.33. The molecule has 2 rings (SSSR count). The van der Waals surface area contributed by atoms with Crippen molar-refractivity contribution < 1.29 is 8.42 Å². The molecule has 18 heavy (non-hydrogen) atoms. The lowest BCUT2D eigenvalue weighted by atomic mass is 9.92. The van der Waals surface area contributed by atoms with Gasteiger partial charge in [-0.2, -0.15) is 0 Å². The van der Waals surface area contributed by atoms with Gasteiger partial charge in [0, 0.05) is 12.1 Å². The molecule has 0 unspecified atom stereocenters. The van der Waals surface area contributed by atoms with Crippen molar-refractivity contribution in [1.29, 1.82) is 0 Å². The second kappa shape index (κ2) is 5.64. The number of halogens is 2. The van der Waals surface area contributed by atoms with Crippen LogP contribution in [0.15, 0.2) is 11.0 Å². The Morgan fingerprint density at radius 1 is 1.33 bits per heavy atom. The lowest BCUT2D eigenvalue weighted by Gasteiger charge is -2.28. The number of nitrogens with two attached hydrogens (primary N) is 1. The predicted octanol–water partition coefficient (Wildman–Crippen LogP) is 2.60. The van der Waals surface area contributed by atoms with Crippen molar-refractivity contribution in [2.75, 3.05) is 0 Å². The van der Waals surface area contributed by atoms with Crippen LogP contribution >= 0.6 is 34.5 Å². The molecule has 2 atom stereocenters. The average Bonchev–Trinajstić information content (AvgIpc) is 2.62. The lowest BCUT2D eigenvalue weighted by molar-refractivity contribution is 0.361. The molecule has 102 valence electrons. The van der Waals surface area contributed by atoms with Crippen LogP contribution in [0.1, 0.15) is 25.7 Å². The Morgan fingerprint density at radius 2 is 2.00 bits per heavy atom. The lowest BCUT2D eigenvalue weighted by Crippen LogP contribution is -2.49. The van der Waals surface area contributed by atoms with Crippen LogP contribution in [0.2, 0.25) is 8.67 Å². The minimum atomic E-state index is -3.64. The molecule has 8 heteroatoms. The quantitative estimate of drug-likeness (QED) is 0.895. The Kier molecular flexibility index (Phi) is 4.57. The molecule has 1 aliphatic carbocycles. The maximum absolute atomic E-state index is 12.2. The Balaban J connectivity index is 2.19. The van der Waals surface area contributed by atoms with E-state index >= 15 is 0 Å². The van der Waals surface area contributed by atoms with E-state index in [2.05, 4.69) is 4.72 Å². The van der Waals surface area contributed by atoms with Crippen LogP contribution in [0.4, 0.5) is 0 Å². The Labute approximate surface area is 121 Å². The molecule has 3 N–H and O–H groups in total. The maximum atomic E-state index is 12.2. The molecule has 1 aliphatic rings. The summed E-state index contributed by atoms with van der Waals surface area (Å²) in [6, 6.07) is 1.01. The predicted molar refractivity (Wildman–Crippen MR) is 74.9 cm³/mol. The molecule has 1 heterocycles. The van der Waals surface area contributed by atoms with Gasteiger partial charge < -0.3 is 5.73 Å². The highest BCUT2D eigenvalue weighted by molar-refractivity contribution is 7.89. The summed E-state index contributed by atoms with van der Waals surface area (Å²) in [6.07, 6.45) is 3.63. The molecular weight excluding hydrogens is 315 g/mol. The molecule has 1 aromatic heterocycles. The fourth-order valence-electron chi connectivity index (χ4n) is 2.08. The van der Waals surface area contributed by atoms with E-state index in [1.807, 2.05) is 0 Å². The molecule has 1 aromatic rings. The number of sulfonamides is 1. The molecule has 0 spiro atoms. The zero-order chi connectivity index (χ0) is 13.3. The molecule has 0 aliphatic heterocycles. The first-order valence-electron chi connectivity index (χ1n) is 5.63. The van der Waals surface area contributed by atoms with Gasteiger partial charge in [-0.25, -0.2) is 13.1 Å². The standard InChI is InChI=1S/C10H14Cl2N2O2S2/c11-9-5-8(10(12)17-9)18(15,16)14-7-4-2-1-3-6(7)13/h5-7,14H,1-4,13H2/t6-,7-/m1/s1. The van der Waals surface area contributed by atoms with Crippen molar-refractivity contribution >= 4 is 44.6 Å². The van der Waals surface area contributed by atoms with Crippen LogP contribution in [0.25, 0.3) is 0 Å². The van der Waals surface area contributed by atoms with Crippen molar-refractivity contribution in [2.45, 2.75) is 42.7 Å². The third kappa shape index (κ3) is 3.18. The van der Waals surface area contributed by atoms with E-state index in [0.717, 1.165) is 37.0 Å². The third-order valence-electron chi connectivity index (χ3n) is 3.04. The highest BCUT2D eigenvalue weighted by Crippen LogP contribution is 2.34. The van der Waals surface area contributed by atoms with E-state index < -0.39 is 10.0 Å². The van der Waals surface area contributed by atoms with Crippen molar-refractivity contribution in [1.82, 2.24) is 4.72 Å². The Morgan fingerprint density at radius 3 is 2.56 bits per heavy atom. The summed E-state index contributed by atoms with van der Waals surface area (Å²) in [5.74, 6) is 0.